The highest BCUT2D eigenvalue weighted by molar-refractivity contribution is 7.13. The van der Waals surface area contributed by atoms with Gasteiger partial charge in [0, 0.05) is 42.0 Å². The summed E-state index contributed by atoms with van der Waals surface area (Å²) in [6.45, 7) is 3.30. The Kier molecular flexibility index (Phi) is 4.28. The van der Waals surface area contributed by atoms with Gasteiger partial charge in [0.1, 0.15) is 6.61 Å². The fourth-order valence-corrected chi connectivity index (χ4v) is 3.83. The maximum atomic E-state index is 6.02. The molecule has 4 rings (SSSR count). The summed E-state index contributed by atoms with van der Waals surface area (Å²) in [6, 6.07) is 12.7. The minimum atomic E-state index is 0.669. The zero-order chi connectivity index (χ0) is 16.4. The maximum absolute atomic E-state index is 6.02. The summed E-state index contributed by atoms with van der Waals surface area (Å²) >= 11 is 1.74. The smallest absolute Gasteiger partial charge is 0.165 e. The Morgan fingerprint density at radius 2 is 2.25 bits per heavy atom. The highest BCUT2D eigenvalue weighted by Gasteiger charge is 2.21. The molecule has 1 aliphatic heterocycles. The second-order valence-corrected chi connectivity index (χ2v) is 6.85. The molecule has 3 heterocycles. The lowest BCUT2D eigenvalue weighted by Crippen LogP contribution is -2.25. The molecular formula is C19H20N2O2S. The van der Waals surface area contributed by atoms with Crippen molar-refractivity contribution in [3.63, 3.8) is 0 Å². The molecule has 5 heteroatoms. The van der Waals surface area contributed by atoms with Gasteiger partial charge in [-0.15, -0.1) is 11.3 Å². The molecule has 4 nitrogen and oxygen atoms in total. The first-order valence-corrected chi connectivity index (χ1v) is 8.93. The van der Waals surface area contributed by atoms with Crippen LogP contribution in [0.4, 0.5) is 0 Å². The maximum Gasteiger partial charge on any atom is 0.165 e. The third-order valence-electron chi connectivity index (χ3n) is 4.26. The fourth-order valence-electron chi connectivity index (χ4n) is 3.12. The Hall–Kier alpha value is -2.24. The lowest BCUT2D eigenvalue weighted by molar-refractivity contribution is 0.215. The predicted octanol–water partition coefficient (Wildman–Crippen LogP) is 4.15. The lowest BCUT2D eigenvalue weighted by atomic mass is 10.1. The highest BCUT2D eigenvalue weighted by Crippen LogP contribution is 2.39. The topological polar surface area (TPSA) is 37.5 Å². The van der Waals surface area contributed by atoms with E-state index in [9.17, 15) is 0 Å². The summed E-state index contributed by atoms with van der Waals surface area (Å²) in [7, 11) is 1.71. The SMILES string of the molecule is COc1cc(-c2cccs2)cc2c1OCCN(Cc1ccc[nH]1)C2. The monoisotopic (exact) mass is 340 g/mol. The van der Waals surface area contributed by atoms with E-state index in [0.717, 1.165) is 31.1 Å². The lowest BCUT2D eigenvalue weighted by Gasteiger charge is -2.19. The van der Waals surface area contributed by atoms with Crippen molar-refractivity contribution in [1.82, 2.24) is 9.88 Å². The average molecular weight is 340 g/mol. The van der Waals surface area contributed by atoms with Gasteiger partial charge >= 0.3 is 0 Å². The van der Waals surface area contributed by atoms with Crippen LogP contribution >= 0.6 is 11.3 Å². The van der Waals surface area contributed by atoms with Gasteiger partial charge in [0.05, 0.1) is 7.11 Å². The largest absolute Gasteiger partial charge is 0.493 e. The molecule has 0 spiro atoms. The van der Waals surface area contributed by atoms with Gasteiger partial charge in [0.2, 0.25) is 0 Å². The molecule has 0 radical (unpaired) electrons. The van der Waals surface area contributed by atoms with Crippen molar-refractivity contribution < 1.29 is 9.47 Å². The standard InChI is InChI=1S/C19H20N2O2S/c1-22-17-11-14(18-5-3-9-24-18)10-15-12-21(7-8-23-19(15)17)13-16-4-2-6-20-16/h2-6,9-11,20H,7-8,12-13H2,1H3. The fraction of sp³-hybridized carbons (Fsp3) is 0.263. The van der Waals surface area contributed by atoms with Crippen molar-refractivity contribution >= 4 is 11.3 Å². The van der Waals surface area contributed by atoms with E-state index in [1.165, 1.54) is 21.7 Å². The van der Waals surface area contributed by atoms with Crippen molar-refractivity contribution in [3.8, 4) is 21.9 Å². The highest BCUT2D eigenvalue weighted by atomic mass is 32.1. The van der Waals surface area contributed by atoms with Crippen molar-refractivity contribution in [2.75, 3.05) is 20.3 Å². The van der Waals surface area contributed by atoms with Crippen LogP contribution in [0.5, 0.6) is 11.5 Å². The van der Waals surface area contributed by atoms with Crippen molar-refractivity contribution in [3.05, 3.63) is 59.2 Å². The van der Waals surface area contributed by atoms with Gasteiger partial charge in [-0.3, -0.25) is 4.90 Å². The van der Waals surface area contributed by atoms with Crippen molar-refractivity contribution in [2.24, 2.45) is 0 Å². The molecular weight excluding hydrogens is 320 g/mol. The predicted molar refractivity (Wildman–Crippen MR) is 96.7 cm³/mol. The number of hydrogen-bond donors (Lipinski definition) is 1. The Morgan fingerprint density at radius 3 is 3.00 bits per heavy atom. The average Bonchev–Trinajstić information content (AvgIpc) is 3.26. The molecule has 1 aliphatic rings. The number of ether oxygens (including phenoxy) is 2. The molecule has 24 heavy (non-hydrogen) atoms. The van der Waals surface area contributed by atoms with Gasteiger partial charge < -0.3 is 14.5 Å². The Labute approximate surface area is 145 Å². The van der Waals surface area contributed by atoms with Gasteiger partial charge in [0.25, 0.3) is 0 Å². The van der Waals surface area contributed by atoms with Crippen LogP contribution in [0.1, 0.15) is 11.3 Å². The van der Waals surface area contributed by atoms with E-state index in [2.05, 4.69) is 45.6 Å². The summed E-state index contributed by atoms with van der Waals surface area (Å²) in [4.78, 5) is 6.92. The third kappa shape index (κ3) is 3.05. The van der Waals surface area contributed by atoms with E-state index in [-0.39, 0.29) is 0 Å². The Bertz CT molecular complexity index is 797. The minimum Gasteiger partial charge on any atom is -0.493 e. The molecule has 1 N–H and O–H groups in total. The number of H-pyrrole nitrogens is 1. The molecule has 0 atom stereocenters. The Morgan fingerprint density at radius 1 is 1.29 bits per heavy atom. The van der Waals surface area contributed by atoms with E-state index in [1.807, 2.05) is 12.3 Å². The molecule has 124 valence electrons. The minimum absolute atomic E-state index is 0.669. The number of fused-ring (bicyclic) bond motifs is 1. The molecule has 0 fully saturated rings. The quantitative estimate of drug-likeness (QED) is 0.775. The van der Waals surface area contributed by atoms with Crippen LogP contribution in [0, 0.1) is 0 Å². The van der Waals surface area contributed by atoms with Crippen LogP contribution in [-0.4, -0.2) is 30.1 Å². The molecule has 3 aromatic rings. The third-order valence-corrected chi connectivity index (χ3v) is 5.18. The number of rotatable bonds is 4. The van der Waals surface area contributed by atoms with Crippen LogP contribution in [-0.2, 0) is 13.1 Å². The number of thiophene rings is 1. The zero-order valence-corrected chi connectivity index (χ0v) is 14.4. The molecule has 0 unspecified atom stereocenters. The molecule has 1 aromatic carbocycles. The summed E-state index contributed by atoms with van der Waals surface area (Å²) in [6.07, 6.45) is 1.97. The molecule has 0 bridgehead atoms. The van der Waals surface area contributed by atoms with Gasteiger partial charge in [-0.2, -0.15) is 0 Å². The summed E-state index contributed by atoms with van der Waals surface area (Å²) < 4.78 is 11.6. The number of aromatic nitrogens is 1. The van der Waals surface area contributed by atoms with Crippen LogP contribution in [0.3, 0.4) is 0 Å². The van der Waals surface area contributed by atoms with E-state index < -0.39 is 0 Å². The molecule has 0 amide bonds. The number of nitrogens with zero attached hydrogens (tertiary/aromatic N) is 1. The van der Waals surface area contributed by atoms with E-state index in [4.69, 9.17) is 9.47 Å². The van der Waals surface area contributed by atoms with E-state index in [0.29, 0.717) is 6.61 Å². The normalized spacial score (nSPS) is 14.7. The first kappa shape index (κ1) is 15.3. The van der Waals surface area contributed by atoms with Gasteiger partial charge in [-0.05, 0) is 41.3 Å². The number of nitrogens with one attached hydrogen (secondary N) is 1. The van der Waals surface area contributed by atoms with Crippen LogP contribution in [0.25, 0.3) is 10.4 Å². The second-order valence-electron chi connectivity index (χ2n) is 5.90. The van der Waals surface area contributed by atoms with Crippen LogP contribution < -0.4 is 9.47 Å². The first-order chi connectivity index (χ1) is 11.8. The number of methoxy groups -OCH3 is 1. The number of hydrogen-bond acceptors (Lipinski definition) is 4. The van der Waals surface area contributed by atoms with Gasteiger partial charge in [-0.25, -0.2) is 0 Å². The molecule has 0 aliphatic carbocycles. The van der Waals surface area contributed by atoms with Gasteiger partial charge in [-0.1, -0.05) is 6.07 Å². The van der Waals surface area contributed by atoms with E-state index >= 15 is 0 Å². The molecule has 0 saturated carbocycles. The number of benzene rings is 1. The molecule has 2 aromatic heterocycles. The van der Waals surface area contributed by atoms with Crippen LogP contribution in [0.2, 0.25) is 0 Å². The van der Waals surface area contributed by atoms with Gasteiger partial charge in [0.15, 0.2) is 11.5 Å². The van der Waals surface area contributed by atoms with E-state index in [1.54, 1.807) is 18.4 Å². The summed E-state index contributed by atoms with van der Waals surface area (Å²) in [5, 5.41) is 2.10. The van der Waals surface area contributed by atoms with Crippen LogP contribution in [0.15, 0.2) is 48.0 Å². The Balaban J connectivity index is 1.68. The number of aromatic amines is 1. The summed E-state index contributed by atoms with van der Waals surface area (Å²) in [5.41, 5.74) is 3.59. The van der Waals surface area contributed by atoms with Crippen molar-refractivity contribution in [1.29, 1.82) is 0 Å². The second kappa shape index (κ2) is 6.71. The first-order valence-electron chi connectivity index (χ1n) is 8.05. The zero-order valence-electron chi connectivity index (χ0n) is 13.6. The van der Waals surface area contributed by atoms with Crippen molar-refractivity contribution in [2.45, 2.75) is 13.1 Å². The molecule has 0 saturated heterocycles. The summed E-state index contributed by atoms with van der Waals surface area (Å²) in [5.74, 6) is 1.70.